The molecule has 0 N–H and O–H groups in total. The second-order valence-corrected chi connectivity index (χ2v) is 7.51. The van der Waals surface area contributed by atoms with Crippen LogP contribution in [-0.2, 0) is 6.42 Å². The third kappa shape index (κ3) is 4.47. The lowest BCUT2D eigenvalue weighted by molar-refractivity contribution is 0.463. The lowest BCUT2D eigenvalue weighted by Crippen LogP contribution is -2.28. The lowest BCUT2D eigenvalue weighted by Gasteiger charge is -2.22. The molecular weight excluding hydrogens is 451 g/mol. The summed E-state index contributed by atoms with van der Waals surface area (Å²) in [7, 11) is 0. The minimum atomic E-state index is 0.997. The van der Waals surface area contributed by atoms with Crippen LogP contribution in [-0.4, -0.2) is 23.8 Å². The van der Waals surface area contributed by atoms with E-state index in [2.05, 4.69) is 85.0 Å². The van der Waals surface area contributed by atoms with E-state index in [9.17, 15) is 0 Å². The van der Waals surface area contributed by atoms with Gasteiger partial charge in [-0.3, -0.25) is 0 Å². The first-order chi connectivity index (χ1) is 10.4. The van der Waals surface area contributed by atoms with Gasteiger partial charge in [-0.05, 0) is 103 Å². The van der Waals surface area contributed by atoms with Crippen molar-refractivity contribution in [2.45, 2.75) is 60.8 Å². The molecule has 1 aromatic rings. The van der Waals surface area contributed by atoms with E-state index in [1.54, 1.807) is 0 Å². The monoisotopic (exact) mass is 478 g/mol. The largest absolute Gasteiger partial charge is 0.361 e. The maximum absolute atomic E-state index is 4.98. The molecule has 0 heterocycles. The highest BCUT2D eigenvalue weighted by molar-refractivity contribution is 14.1. The summed E-state index contributed by atoms with van der Waals surface area (Å²) in [6, 6.07) is 0. The van der Waals surface area contributed by atoms with Gasteiger partial charge in [0.15, 0.2) is 0 Å². The van der Waals surface area contributed by atoms with Crippen molar-refractivity contribution in [3.63, 3.8) is 0 Å². The number of benzene rings is 1. The third-order valence-electron chi connectivity index (χ3n) is 4.27. The second-order valence-electron chi connectivity index (χ2n) is 5.64. The van der Waals surface area contributed by atoms with Gasteiger partial charge < -0.3 is 4.90 Å². The van der Waals surface area contributed by atoms with Gasteiger partial charge >= 0.3 is 0 Å². The number of halogens is 2. The predicted molar refractivity (Wildman–Crippen MR) is 111 cm³/mol. The highest BCUT2D eigenvalue weighted by atomic mass is 127. The Morgan fingerprint density at radius 1 is 1.14 bits per heavy atom. The van der Waals surface area contributed by atoms with Crippen LogP contribution >= 0.6 is 38.5 Å². The standard InChI is InChI=1S/C18H28BrIN2/c1-7-10-11-15-12(4)16(19)17(20)18(13(15)5)21-14(6)22(8-2)9-3/h7-11H2,1-6H3. The molecule has 0 saturated carbocycles. The molecule has 0 aliphatic heterocycles. The molecule has 0 aliphatic rings. The van der Waals surface area contributed by atoms with Crippen molar-refractivity contribution in [1.29, 1.82) is 0 Å². The zero-order valence-corrected chi connectivity index (χ0v) is 18.4. The maximum atomic E-state index is 4.98. The fourth-order valence-electron chi connectivity index (χ4n) is 2.77. The van der Waals surface area contributed by atoms with Gasteiger partial charge in [-0.25, -0.2) is 4.99 Å². The van der Waals surface area contributed by atoms with E-state index in [0.29, 0.717) is 0 Å². The van der Waals surface area contributed by atoms with Crippen molar-refractivity contribution in [3.8, 4) is 0 Å². The van der Waals surface area contributed by atoms with E-state index in [4.69, 9.17) is 4.99 Å². The summed E-state index contributed by atoms with van der Waals surface area (Å²) in [5, 5.41) is 0. The van der Waals surface area contributed by atoms with Crippen molar-refractivity contribution >= 4 is 50.0 Å². The molecule has 0 amide bonds. The van der Waals surface area contributed by atoms with Gasteiger partial charge in [0.25, 0.3) is 0 Å². The number of nitrogens with zero attached hydrogens (tertiary/aromatic N) is 2. The molecular formula is C18H28BrIN2. The third-order valence-corrected chi connectivity index (χ3v) is 7.05. The van der Waals surface area contributed by atoms with Gasteiger partial charge in [-0.1, -0.05) is 13.3 Å². The molecule has 1 rings (SSSR count). The molecule has 124 valence electrons. The molecule has 0 fully saturated rings. The summed E-state index contributed by atoms with van der Waals surface area (Å²) in [6.07, 6.45) is 3.59. The molecule has 0 spiro atoms. The Labute approximate surface area is 158 Å². The van der Waals surface area contributed by atoms with E-state index in [0.717, 1.165) is 31.0 Å². The van der Waals surface area contributed by atoms with E-state index >= 15 is 0 Å². The number of amidine groups is 1. The van der Waals surface area contributed by atoms with Crippen LogP contribution in [0.25, 0.3) is 0 Å². The molecule has 0 saturated heterocycles. The molecule has 0 atom stereocenters. The van der Waals surface area contributed by atoms with Crippen LogP contribution in [0.4, 0.5) is 5.69 Å². The minimum absolute atomic E-state index is 0.997. The van der Waals surface area contributed by atoms with Crippen LogP contribution in [0.1, 0.15) is 57.2 Å². The van der Waals surface area contributed by atoms with Crippen molar-refractivity contribution < 1.29 is 0 Å². The lowest BCUT2D eigenvalue weighted by atomic mass is 9.96. The number of hydrogen-bond donors (Lipinski definition) is 0. The first kappa shape index (κ1) is 19.9. The van der Waals surface area contributed by atoms with Gasteiger partial charge in [0.1, 0.15) is 5.84 Å². The molecule has 0 unspecified atom stereocenters. The number of hydrogen-bond acceptors (Lipinski definition) is 1. The van der Waals surface area contributed by atoms with E-state index < -0.39 is 0 Å². The second kappa shape index (κ2) is 9.26. The summed E-state index contributed by atoms with van der Waals surface area (Å²) >= 11 is 6.20. The summed E-state index contributed by atoms with van der Waals surface area (Å²) in [4.78, 5) is 7.28. The fourth-order valence-corrected chi connectivity index (χ4v) is 4.12. The van der Waals surface area contributed by atoms with Crippen LogP contribution < -0.4 is 0 Å². The highest BCUT2D eigenvalue weighted by Gasteiger charge is 2.17. The van der Waals surface area contributed by atoms with Crippen molar-refractivity contribution in [3.05, 3.63) is 24.7 Å². The van der Waals surface area contributed by atoms with Crippen LogP contribution in [0.3, 0.4) is 0 Å². The van der Waals surface area contributed by atoms with Crippen molar-refractivity contribution in [2.75, 3.05) is 13.1 Å². The minimum Gasteiger partial charge on any atom is -0.361 e. The molecule has 1 aromatic carbocycles. The Kier molecular flexibility index (Phi) is 8.39. The summed E-state index contributed by atoms with van der Waals surface area (Å²) in [6.45, 7) is 15.2. The number of rotatable bonds is 6. The molecule has 22 heavy (non-hydrogen) atoms. The zero-order valence-electron chi connectivity index (χ0n) is 14.7. The van der Waals surface area contributed by atoms with Crippen LogP contribution in [0, 0.1) is 17.4 Å². The topological polar surface area (TPSA) is 15.6 Å². The van der Waals surface area contributed by atoms with Gasteiger partial charge in [0, 0.05) is 17.6 Å². The average Bonchev–Trinajstić information content (AvgIpc) is 2.51. The molecule has 0 aromatic heterocycles. The van der Waals surface area contributed by atoms with Gasteiger partial charge in [-0.15, -0.1) is 0 Å². The highest BCUT2D eigenvalue weighted by Crippen LogP contribution is 2.38. The first-order valence-electron chi connectivity index (χ1n) is 8.16. The number of aliphatic imine (C=N–C) groups is 1. The summed E-state index contributed by atoms with van der Waals surface area (Å²) < 4.78 is 2.43. The van der Waals surface area contributed by atoms with Crippen LogP contribution in [0.15, 0.2) is 9.47 Å². The first-order valence-corrected chi connectivity index (χ1v) is 10.0. The van der Waals surface area contributed by atoms with Crippen molar-refractivity contribution in [1.82, 2.24) is 4.90 Å². The van der Waals surface area contributed by atoms with E-state index in [-0.39, 0.29) is 0 Å². The smallest absolute Gasteiger partial charge is 0.102 e. The SMILES string of the molecule is CCCCc1c(C)c(Br)c(I)c(N=C(C)N(CC)CC)c1C. The molecule has 0 bridgehead atoms. The Balaban J connectivity index is 3.41. The molecule has 4 heteroatoms. The molecule has 2 nitrogen and oxygen atoms in total. The Morgan fingerprint density at radius 3 is 2.23 bits per heavy atom. The summed E-state index contributed by atoms with van der Waals surface area (Å²) in [5.74, 6) is 1.10. The normalized spacial score (nSPS) is 11.9. The van der Waals surface area contributed by atoms with E-state index in [1.165, 1.54) is 37.6 Å². The maximum Gasteiger partial charge on any atom is 0.102 e. The fraction of sp³-hybridized carbons (Fsp3) is 0.611. The van der Waals surface area contributed by atoms with Crippen molar-refractivity contribution in [2.24, 2.45) is 4.99 Å². The van der Waals surface area contributed by atoms with Gasteiger partial charge in [0.05, 0.1) is 9.26 Å². The van der Waals surface area contributed by atoms with Gasteiger partial charge in [-0.2, -0.15) is 0 Å². The van der Waals surface area contributed by atoms with Crippen LogP contribution in [0.2, 0.25) is 0 Å². The molecule has 0 aliphatic carbocycles. The number of unbranched alkanes of at least 4 members (excludes halogenated alkanes) is 1. The summed E-state index contributed by atoms with van der Waals surface area (Å²) in [5.41, 5.74) is 5.30. The Morgan fingerprint density at radius 2 is 1.73 bits per heavy atom. The van der Waals surface area contributed by atoms with Gasteiger partial charge in [0.2, 0.25) is 0 Å². The predicted octanol–water partition coefficient (Wildman–Crippen LogP) is 6.40. The van der Waals surface area contributed by atoms with Crippen LogP contribution in [0.5, 0.6) is 0 Å². The average molecular weight is 479 g/mol. The Bertz CT molecular complexity index is 549. The van der Waals surface area contributed by atoms with E-state index in [1.807, 2.05) is 0 Å². The molecule has 0 radical (unpaired) electrons. The zero-order chi connectivity index (χ0) is 16.9. The Hall–Kier alpha value is -0.100. The quantitative estimate of drug-likeness (QED) is 0.262.